The molecule has 1 aromatic carbocycles. The Bertz CT molecular complexity index is 792. The van der Waals surface area contributed by atoms with Crippen LogP contribution < -0.4 is 4.74 Å². The summed E-state index contributed by atoms with van der Waals surface area (Å²) < 4.78 is 10.6. The molecule has 0 aliphatic heterocycles. The Hall–Kier alpha value is -2.40. The minimum atomic E-state index is -0.781. The van der Waals surface area contributed by atoms with Gasteiger partial charge in [0.2, 0.25) is 0 Å². The molecule has 1 aliphatic carbocycles. The molecule has 5 heteroatoms. The molecule has 0 fully saturated rings. The average Bonchev–Trinajstić information content (AvgIpc) is 3.15. The van der Waals surface area contributed by atoms with Crippen molar-refractivity contribution in [2.24, 2.45) is 5.92 Å². The SMILES string of the molecule is CCOC(=O)[C@H]1C(=O)C=C(c2ccccc2OC)C[C@H]1c1cccs1. The highest BCUT2D eigenvalue weighted by atomic mass is 32.1. The summed E-state index contributed by atoms with van der Waals surface area (Å²) in [5.74, 6) is -0.917. The number of rotatable bonds is 5. The highest BCUT2D eigenvalue weighted by Gasteiger charge is 2.40. The number of hydrogen-bond acceptors (Lipinski definition) is 5. The first-order valence-corrected chi connectivity index (χ1v) is 9.11. The van der Waals surface area contributed by atoms with Crippen LogP contribution in [-0.4, -0.2) is 25.5 Å². The van der Waals surface area contributed by atoms with E-state index in [0.717, 1.165) is 21.8 Å². The summed E-state index contributed by atoms with van der Waals surface area (Å²) in [4.78, 5) is 26.2. The summed E-state index contributed by atoms with van der Waals surface area (Å²) in [6.07, 6.45) is 2.17. The van der Waals surface area contributed by atoms with Gasteiger partial charge in [0, 0.05) is 16.4 Å². The number of ether oxygens (including phenoxy) is 2. The lowest BCUT2D eigenvalue weighted by Gasteiger charge is -2.28. The number of carbonyl (C=O) groups excluding carboxylic acids is 2. The minimum absolute atomic E-state index is 0.205. The third kappa shape index (κ3) is 3.51. The van der Waals surface area contributed by atoms with Gasteiger partial charge in [0.1, 0.15) is 11.7 Å². The van der Waals surface area contributed by atoms with Crippen LogP contribution in [0.1, 0.15) is 29.7 Å². The zero-order valence-corrected chi connectivity index (χ0v) is 15.0. The Kier molecular flexibility index (Phi) is 5.34. The fourth-order valence-corrected chi connectivity index (χ4v) is 4.12. The van der Waals surface area contributed by atoms with Crippen LogP contribution in [-0.2, 0) is 14.3 Å². The van der Waals surface area contributed by atoms with Gasteiger partial charge in [0.15, 0.2) is 5.78 Å². The van der Waals surface area contributed by atoms with Crippen LogP contribution in [0.25, 0.3) is 5.57 Å². The lowest BCUT2D eigenvalue weighted by Crippen LogP contribution is -2.33. The van der Waals surface area contributed by atoms with Crippen molar-refractivity contribution in [2.45, 2.75) is 19.3 Å². The molecular weight excluding hydrogens is 336 g/mol. The summed E-state index contributed by atoms with van der Waals surface area (Å²) in [5, 5.41) is 1.96. The Morgan fingerprint density at radius 3 is 2.72 bits per heavy atom. The quantitative estimate of drug-likeness (QED) is 0.598. The van der Waals surface area contributed by atoms with E-state index in [9.17, 15) is 9.59 Å². The van der Waals surface area contributed by atoms with Crippen molar-refractivity contribution < 1.29 is 19.1 Å². The second-order valence-corrected chi connectivity index (χ2v) is 6.81. The number of para-hydroxylation sites is 1. The van der Waals surface area contributed by atoms with Gasteiger partial charge in [-0.25, -0.2) is 0 Å². The Labute approximate surface area is 151 Å². The summed E-state index contributed by atoms with van der Waals surface area (Å²) >= 11 is 1.56. The molecule has 0 spiro atoms. The molecule has 0 unspecified atom stereocenters. The molecule has 1 aromatic heterocycles. The molecule has 2 atom stereocenters. The first-order valence-electron chi connectivity index (χ1n) is 8.23. The number of ketones is 1. The van der Waals surface area contributed by atoms with Gasteiger partial charge in [0.25, 0.3) is 0 Å². The monoisotopic (exact) mass is 356 g/mol. The summed E-state index contributed by atoms with van der Waals surface area (Å²) in [6, 6.07) is 11.5. The van der Waals surface area contributed by atoms with Crippen molar-refractivity contribution in [1.29, 1.82) is 0 Å². The number of methoxy groups -OCH3 is 1. The van der Waals surface area contributed by atoms with Gasteiger partial charge in [-0.3, -0.25) is 9.59 Å². The first-order chi connectivity index (χ1) is 12.2. The lowest BCUT2D eigenvalue weighted by atomic mass is 9.76. The van der Waals surface area contributed by atoms with Gasteiger partial charge in [-0.15, -0.1) is 11.3 Å². The van der Waals surface area contributed by atoms with Crippen molar-refractivity contribution in [3.8, 4) is 5.75 Å². The molecule has 25 heavy (non-hydrogen) atoms. The van der Waals surface area contributed by atoms with Gasteiger partial charge < -0.3 is 9.47 Å². The van der Waals surface area contributed by atoms with E-state index >= 15 is 0 Å². The molecule has 4 nitrogen and oxygen atoms in total. The second-order valence-electron chi connectivity index (χ2n) is 5.83. The highest BCUT2D eigenvalue weighted by Crippen LogP contribution is 2.43. The van der Waals surface area contributed by atoms with Gasteiger partial charge >= 0.3 is 5.97 Å². The number of carbonyl (C=O) groups is 2. The van der Waals surface area contributed by atoms with Crippen molar-refractivity contribution in [1.82, 2.24) is 0 Å². The highest BCUT2D eigenvalue weighted by molar-refractivity contribution is 7.10. The van der Waals surface area contributed by atoms with E-state index in [1.165, 1.54) is 0 Å². The van der Waals surface area contributed by atoms with E-state index in [0.29, 0.717) is 6.42 Å². The van der Waals surface area contributed by atoms with E-state index in [-0.39, 0.29) is 18.3 Å². The molecule has 3 rings (SSSR count). The second kappa shape index (κ2) is 7.66. The van der Waals surface area contributed by atoms with Crippen molar-refractivity contribution in [3.63, 3.8) is 0 Å². The molecular formula is C20H20O4S. The molecule has 0 radical (unpaired) electrons. The largest absolute Gasteiger partial charge is 0.496 e. The zero-order chi connectivity index (χ0) is 17.8. The number of allylic oxidation sites excluding steroid dienone is 2. The smallest absolute Gasteiger partial charge is 0.317 e. The van der Waals surface area contributed by atoms with Crippen LogP contribution in [0.3, 0.4) is 0 Å². The maximum atomic E-state index is 12.8. The van der Waals surface area contributed by atoms with Crippen molar-refractivity contribution >= 4 is 28.7 Å². The lowest BCUT2D eigenvalue weighted by molar-refractivity contribution is -0.151. The van der Waals surface area contributed by atoms with E-state index in [1.54, 1.807) is 31.4 Å². The molecule has 1 heterocycles. The summed E-state index contributed by atoms with van der Waals surface area (Å²) in [7, 11) is 1.61. The average molecular weight is 356 g/mol. The molecule has 1 aliphatic rings. The van der Waals surface area contributed by atoms with E-state index < -0.39 is 11.9 Å². The minimum Gasteiger partial charge on any atom is -0.496 e. The molecule has 0 saturated heterocycles. The third-order valence-corrected chi connectivity index (χ3v) is 5.37. The van der Waals surface area contributed by atoms with Gasteiger partial charge in [-0.2, -0.15) is 0 Å². The van der Waals surface area contributed by atoms with Crippen LogP contribution in [0, 0.1) is 5.92 Å². The van der Waals surface area contributed by atoms with Gasteiger partial charge in [-0.1, -0.05) is 24.3 Å². The van der Waals surface area contributed by atoms with Crippen molar-refractivity contribution in [2.75, 3.05) is 13.7 Å². The predicted molar refractivity (Wildman–Crippen MR) is 97.8 cm³/mol. The maximum Gasteiger partial charge on any atom is 0.317 e. The van der Waals surface area contributed by atoms with Crippen LogP contribution >= 0.6 is 11.3 Å². The first kappa shape index (κ1) is 17.4. The molecule has 0 bridgehead atoms. The topological polar surface area (TPSA) is 52.6 Å². The number of hydrogen-bond donors (Lipinski definition) is 0. The van der Waals surface area contributed by atoms with Crippen molar-refractivity contribution in [3.05, 3.63) is 58.3 Å². The standard InChI is InChI=1S/C20H20O4S/c1-3-24-20(22)19-15(18-9-6-10-25-18)11-13(12-16(19)21)14-7-4-5-8-17(14)23-2/h4-10,12,15,19H,3,11H2,1-2H3/t15-,19+/m0/s1. The third-order valence-electron chi connectivity index (χ3n) is 4.37. The van der Waals surface area contributed by atoms with Gasteiger partial charge in [-0.05, 0) is 42.5 Å². The molecule has 0 saturated carbocycles. The molecule has 0 N–H and O–H groups in total. The summed E-state index contributed by atoms with van der Waals surface area (Å²) in [5.41, 5.74) is 1.78. The van der Waals surface area contributed by atoms with Gasteiger partial charge in [0.05, 0.1) is 13.7 Å². The Morgan fingerprint density at radius 2 is 2.04 bits per heavy atom. The maximum absolute atomic E-state index is 12.8. The van der Waals surface area contributed by atoms with Crippen LogP contribution in [0.5, 0.6) is 5.75 Å². The number of esters is 1. The summed E-state index contributed by atoms with van der Waals surface area (Å²) in [6.45, 7) is 2.02. The van der Waals surface area contributed by atoms with E-state index in [4.69, 9.17) is 9.47 Å². The number of benzene rings is 1. The normalized spacial score (nSPS) is 20.1. The number of thiophene rings is 1. The fraction of sp³-hybridized carbons (Fsp3) is 0.300. The van der Waals surface area contributed by atoms with Crippen LogP contribution in [0.2, 0.25) is 0 Å². The van der Waals surface area contributed by atoms with E-state index in [2.05, 4.69) is 0 Å². The van der Waals surface area contributed by atoms with E-state index in [1.807, 2.05) is 41.8 Å². The Balaban J connectivity index is 2.02. The zero-order valence-electron chi connectivity index (χ0n) is 14.2. The molecule has 0 amide bonds. The Morgan fingerprint density at radius 1 is 1.24 bits per heavy atom. The van der Waals surface area contributed by atoms with Crippen LogP contribution in [0.15, 0.2) is 47.9 Å². The van der Waals surface area contributed by atoms with Crippen LogP contribution in [0.4, 0.5) is 0 Å². The molecule has 2 aromatic rings. The molecule has 130 valence electrons. The fourth-order valence-electron chi connectivity index (χ4n) is 3.25. The predicted octanol–water partition coefficient (Wildman–Crippen LogP) is 4.08.